The Kier molecular flexibility index (Phi) is 5.60. The summed E-state index contributed by atoms with van der Waals surface area (Å²) in [6.07, 6.45) is 2.11. The zero-order valence-corrected chi connectivity index (χ0v) is 12.2. The van der Waals surface area contributed by atoms with Crippen molar-refractivity contribution in [2.75, 3.05) is 45.9 Å². The summed E-state index contributed by atoms with van der Waals surface area (Å²) < 4.78 is 5.70. The largest absolute Gasteiger partial charge is 0.366 e. The fraction of sp³-hybridized carbons (Fsp3) is 0.929. The van der Waals surface area contributed by atoms with Crippen molar-refractivity contribution in [3.05, 3.63) is 0 Å². The smallest absolute Gasteiger partial charge is 0.253 e. The van der Waals surface area contributed by atoms with Crippen molar-refractivity contribution in [3.63, 3.8) is 0 Å². The minimum Gasteiger partial charge on any atom is -0.366 e. The first-order valence-corrected chi connectivity index (χ1v) is 7.61. The molecule has 0 aliphatic carbocycles. The van der Waals surface area contributed by atoms with Gasteiger partial charge in [0.25, 0.3) is 5.91 Å². The number of nitrogens with zero attached hydrogens (tertiary/aromatic N) is 2. The molecule has 2 heterocycles. The van der Waals surface area contributed by atoms with E-state index in [2.05, 4.69) is 10.2 Å². The Morgan fingerprint density at radius 3 is 2.63 bits per heavy atom. The zero-order valence-electron chi connectivity index (χ0n) is 12.2. The second kappa shape index (κ2) is 7.22. The number of likely N-dealkylation sites (N-methyl/N-ethyl adjacent to an activating group) is 1. The van der Waals surface area contributed by atoms with E-state index in [1.54, 1.807) is 0 Å². The summed E-state index contributed by atoms with van der Waals surface area (Å²) in [7, 11) is 0. The molecule has 1 amide bonds. The lowest BCUT2D eigenvalue weighted by molar-refractivity contribution is -0.150. The zero-order chi connectivity index (χ0) is 13.7. The van der Waals surface area contributed by atoms with Gasteiger partial charge in [0.1, 0.15) is 6.10 Å². The maximum absolute atomic E-state index is 12.4. The standard InChI is InChI=1S/C14H27N3O2/c1-3-16(4-2)14(18)13-11-17(9-10-19-13)12-5-7-15-8-6-12/h12-13,15H,3-11H2,1-2H3. The van der Waals surface area contributed by atoms with E-state index in [4.69, 9.17) is 4.74 Å². The number of piperidine rings is 1. The van der Waals surface area contributed by atoms with Gasteiger partial charge in [0.15, 0.2) is 0 Å². The average molecular weight is 269 g/mol. The first-order chi connectivity index (χ1) is 9.26. The van der Waals surface area contributed by atoms with Crippen LogP contribution >= 0.6 is 0 Å². The van der Waals surface area contributed by atoms with Crippen LogP contribution in [0.2, 0.25) is 0 Å². The molecule has 0 spiro atoms. The third kappa shape index (κ3) is 3.68. The molecule has 1 unspecified atom stereocenters. The van der Waals surface area contributed by atoms with Crippen molar-refractivity contribution < 1.29 is 9.53 Å². The molecule has 2 fully saturated rings. The molecular weight excluding hydrogens is 242 g/mol. The van der Waals surface area contributed by atoms with Crippen LogP contribution in [0.25, 0.3) is 0 Å². The van der Waals surface area contributed by atoms with E-state index in [0.29, 0.717) is 12.6 Å². The predicted molar refractivity (Wildman–Crippen MR) is 75.1 cm³/mol. The van der Waals surface area contributed by atoms with E-state index < -0.39 is 0 Å². The second-order valence-corrected chi connectivity index (χ2v) is 5.35. The van der Waals surface area contributed by atoms with Crippen LogP contribution in [0.5, 0.6) is 0 Å². The molecule has 0 aromatic carbocycles. The normalized spacial score (nSPS) is 26.3. The Hall–Kier alpha value is -0.650. The molecule has 19 heavy (non-hydrogen) atoms. The van der Waals surface area contributed by atoms with E-state index in [1.165, 1.54) is 12.8 Å². The van der Waals surface area contributed by atoms with E-state index in [0.717, 1.165) is 39.3 Å². The first kappa shape index (κ1) is 14.8. The maximum atomic E-state index is 12.4. The van der Waals surface area contributed by atoms with E-state index in [-0.39, 0.29) is 12.0 Å². The Morgan fingerprint density at radius 2 is 2.00 bits per heavy atom. The number of ether oxygens (including phenoxy) is 1. The van der Waals surface area contributed by atoms with Crippen LogP contribution in [0, 0.1) is 0 Å². The molecule has 5 nitrogen and oxygen atoms in total. The van der Waals surface area contributed by atoms with Gasteiger partial charge in [-0.25, -0.2) is 0 Å². The van der Waals surface area contributed by atoms with Crippen molar-refractivity contribution in [1.29, 1.82) is 0 Å². The highest BCUT2D eigenvalue weighted by Gasteiger charge is 2.32. The highest BCUT2D eigenvalue weighted by Crippen LogP contribution is 2.17. The number of nitrogens with one attached hydrogen (secondary N) is 1. The van der Waals surface area contributed by atoms with Crippen molar-refractivity contribution in [2.24, 2.45) is 0 Å². The van der Waals surface area contributed by atoms with Crippen LogP contribution in [-0.4, -0.2) is 73.7 Å². The van der Waals surface area contributed by atoms with Crippen LogP contribution in [0.3, 0.4) is 0 Å². The topological polar surface area (TPSA) is 44.8 Å². The minimum atomic E-state index is -0.261. The molecule has 2 rings (SSSR count). The number of rotatable bonds is 4. The molecule has 110 valence electrons. The maximum Gasteiger partial charge on any atom is 0.253 e. The van der Waals surface area contributed by atoms with Gasteiger partial charge in [-0.05, 0) is 39.8 Å². The predicted octanol–water partition coefficient (Wildman–Crippen LogP) is 0.308. The second-order valence-electron chi connectivity index (χ2n) is 5.35. The molecule has 2 aliphatic rings. The number of morpholine rings is 1. The molecule has 0 aromatic heterocycles. The molecule has 0 bridgehead atoms. The van der Waals surface area contributed by atoms with Gasteiger partial charge >= 0.3 is 0 Å². The van der Waals surface area contributed by atoms with Crippen molar-refractivity contribution in [3.8, 4) is 0 Å². The molecule has 0 aromatic rings. The van der Waals surface area contributed by atoms with Crippen molar-refractivity contribution in [2.45, 2.75) is 38.8 Å². The summed E-state index contributed by atoms with van der Waals surface area (Å²) in [6.45, 7) is 10.2. The summed E-state index contributed by atoms with van der Waals surface area (Å²) in [5, 5.41) is 3.39. The van der Waals surface area contributed by atoms with E-state index >= 15 is 0 Å². The molecule has 2 aliphatic heterocycles. The quantitative estimate of drug-likeness (QED) is 0.798. The SMILES string of the molecule is CCN(CC)C(=O)C1CN(C2CCNCC2)CCO1. The van der Waals surface area contributed by atoms with Gasteiger partial charge in [0, 0.05) is 32.2 Å². The lowest BCUT2D eigenvalue weighted by Gasteiger charge is -2.40. The van der Waals surface area contributed by atoms with Crippen LogP contribution < -0.4 is 5.32 Å². The van der Waals surface area contributed by atoms with Crippen LogP contribution in [-0.2, 0) is 9.53 Å². The molecule has 1 atom stereocenters. The Bertz CT molecular complexity index is 288. The van der Waals surface area contributed by atoms with Gasteiger partial charge in [-0.15, -0.1) is 0 Å². The summed E-state index contributed by atoms with van der Waals surface area (Å²) >= 11 is 0. The first-order valence-electron chi connectivity index (χ1n) is 7.61. The third-order valence-corrected chi connectivity index (χ3v) is 4.27. The summed E-state index contributed by atoms with van der Waals surface area (Å²) in [6, 6.07) is 0.622. The summed E-state index contributed by atoms with van der Waals surface area (Å²) in [4.78, 5) is 16.7. The fourth-order valence-corrected chi connectivity index (χ4v) is 3.06. The van der Waals surface area contributed by atoms with Crippen molar-refractivity contribution >= 4 is 5.91 Å². The molecule has 1 N–H and O–H groups in total. The van der Waals surface area contributed by atoms with E-state index in [1.807, 2.05) is 18.7 Å². The van der Waals surface area contributed by atoms with Gasteiger partial charge in [-0.1, -0.05) is 0 Å². The van der Waals surface area contributed by atoms with E-state index in [9.17, 15) is 4.79 Å². The molecule has 2 saturated heterocycles. The van der Waals surface area contributed by atoms with Crippen molar-refractivity contribution in [1.82, 2.24) is 15.1 Å². The third-order valence-electron chi connectivity index (χ3n) is 4.27. The molecular formula is C14H27N3O2. The minimum absolute atomic E-state index is 0.156. The highest BCUT2D eigenvalue weighted by molar-refractivity contribution is 5.81. The fourth-order valence-electron chi connectivity index (χ4n) is 3.06. The Labute approximate surface area is 116 Å². The van der Waals surface area contributed by atoms with Gasteiger partial charge in [-0.2, -0.15) is 0 Å². The van der Waals surface area contributed by atoms with Crippen LogP contribution in [0.1, 0.15) is 26.7 Å². The molecule has 0 radical (unpaired) electrons. The van der Waals surface area contributed by atoms with Gasteiger partial charge < -0.3 is 15.0 Å². The number of carbonyl (C=O) groups is 1. The Balaban J connectivity index is 1.90. The number of carbonyl (C=O) groups excluding carboxylic acids is 1. The van der Waals surface area contributed by atoms with Gasteiger partial charge in [-0.3, -0.25) is 9.69 Å². The van der Waals surface area contributed by atoms with Crippen LogP contribution in [0.15, 0.2) is 0 Å². The van der Waals surface area contributed by atoms with Crippen LogP contribution in [0.4, 0.5) is 0 Å². The summed E-state index contributed by atoms with van der Waals surface area (Å²) in [5.41, 5.74) is 0. The monoisotopic (exact) mass is 269 g/mol. The average Bonchev–Trinajstić information content (AvgIpc) is 2.49. The number of hydrogen-bond donors (Lipinski definition) is 1. The number of hydrogen-bond acceptors (Lipinski definition) is 4. The van der Waals surface area contributed by atoms with Gasteiger partial charge in [0.05, 0.1) is 6.61 Å². The number of amides is 1. The van der Waals surface area contributed by atoms with Gasteiger partial charge in [0.2, 0.25) is 0 Å². The Morgan fingerprint density at radius 1 is 1.32 bits per heavy atom. The molecule has 5 heteroatoms. The highest BCUT2D eigenvalue weighted by atomic mass is 16.5. The lowest BCUT2D eigenvalue weighted by atomic mass is 10.0. The summed E-state index contributed by atoms with van der Waals surface area (Å²) in [5.74, 6) is 0.156. The molecule has 0 saturated carbocycles. The lowest BCUT2D eigenvalue weighted by Crippen LogP contribution is -2.55.